The molecule has 0 radical (unpaired) electrons. The lowest BCUT2D eigenvalue weighted by Crippen LogP contribution is -2.62. The van der Waals surface area contributed by atoms with Crippen LogP contribution in [0.5, 0.6) is 0 Å². The zero-order valence-corrected chi connectivity index (χ0v) is 25.8. The van der Waals surface area contributed by atoms with Gasteiger partial charge >= 0.3 is 5.97 Å². The first-order chi connectivity index (χ1) is 18.8. The third kappa shape index (κ3) is 5.06. The number of esters is 1. The SMILES string of the molecule is CC[C@H]1[C@@H](O)[C@@H]2[C@H](CC[C@]3(C)[C@@H]([C@H](C)CCOC(=O)CS(=O)(=O)c4cnn(C)c4)CC[C@@H]23)[C@@]2(C)CC[C@@H](O)C[C@@H]12. The number of carbonyl (C=O) groups is 1. The average Bonchev–Trinajstić information content (AvgIpc) is 3.48. The first-order valence-corrected chi connectivity index (χ1v) is 17.2. The number of fused-ring (bicyclic) bond motifs is 5. The van der Waals surface area contributed by atoms with E-state index in [4.69, 9.17) is 4.74 Å². The van der Waals surface area contributed by atoms with Crippen molar-refractivity contribution in [2.24, 2.45) is 59.3 Å². The summed E-state index contributed by atoms with van der Waals surface area (Å²) in [5.41, 5.74) is 0.337. The summed E-state index contributed by atoms with van der Waals surface area (Å²) in [6, 6.07) is 0. The van der Waals surface area contributed by atoms with Crippen molar-refractivity contribution >= 4 is 15.8 Å². The van der Waals surface area contributed by atoms with E-state index in [9.17, 15) is 23.4 Å². The molecule has 226 valence electrons. The Hall–Kier alpha value is -1.45. The molecule has 0 spiro atoms. The van der Waals surface area contributed by atoms with Crippen LogP contribution < -0.4 is 0 Å². The third-order valence-corrected chi connectivity index (χ3v) is 13.9. The molecule has 1 aromatic rings. The van der Waals surface area contributed by atoms with Crippen LogP contribution in [0.2, 0.25) is 0 Å². The summed E-state index contributed by atoms with van der Waals surface area (Å²) in [6.07, 6.45) is 11.1. The third-order valence-electron chi connectivity index (χ3n) is 12.3. The number of sulfone groups is 1. The number of aryl methyl sites for hydroxylation is 1. The van der Waals surface area contributed by atoms with E-state index in [0.717, 1.165) is 51.4 Å². The lowest BCUT2D eigenvalue weighted by atomic mass is 9.41. The molecule has 4 fully saturated rings. The lowest BCUT2D eigenvalue weighted by Gasteiger charge is -2.64. The summed E-state index contributed by atoms with van der Waals surface area (Å²) in [5.74, 6) is 1.39. The Morgan fingerprint density at radius 1 is 1.12 bits per heavy atom. The van der Waals surface area contributed by atoms with Gasteiger partial charge in [0.2, 0.25) is 0 Å². The largest absolute Gasteiger partial charge is 0.465 e. The molecule has 0 aliphatic heterocycles. The number of rotatable bonds is 8. The van der Waals surface area contributed by atoms with Crippen molar-refractivity contribution in [2.45, 2.75) is 103 Å². The fourth-order valence-corrected chi connectivity index (χ4v) is 11.4. The van der Waals surface area contributed by atoms with Crippen molar-refractivity contribution in [1.29, 1.82) is 0 Å². The van der Waals surface area contributed by atoms with Gasteiger partial charge in [-0.15, -0.1) is 0 Å². The minimum atomic E-state index is -3.77. The zero-order chi connectivity index (χ0) is 29.0. The van der Waals surface area contributed by atoms with Crippen molar-refractivity contribution in [2.75, 3.05) is 12.4 Å². The molecule has 1 heterocycles. The van der Waals surface area contributed by atoms with Crippen LogP contribution in [0.1, 0.15) is 85.5 Å². The number of carbonyl (C=O) groups excluding carboxylic acids is 1. The molecule has 0 saturated heterocycles. The van der Waals surface area contributed by atoms with Gasteiger partial charge in [-0.05, 0) is 104 Å². The van der Waals surface area contributed by atoms with Gasteiger partial charge in [-0.25, -0.2) is 8.42 Å². The minimum absolute atomic E-state index is 0.0284. The van der Waals surface area contributed by atoms with Crippen LogP contribution in [0.15, 0.2) is 17.3 Å². The number of aliphatic hydroxyl groups is 2. The van der Waals surface area contributed by atoms with Crippen LogP contribution in [-0.4, -0.2) is 58.9 Å². The van der Waals surface area contributed by atoms with Gasteiger partial charge in [0.1, 0.15) is 4.90 Å². The molecule has 8 nitrogen and oxygen atoms in total. The first kappa shape index (κ1) is 30.0. The quantitative estimate of drug-likeness (QED) is 0.439. The van der Waals surface area contributed by atoms with E-state index in [1.165, 1.54) is 17.1 Å². The zero-order valence-electron chi connectivity index (χ0n) is 25.0. The number of aromatic nitrogens is 2. The summed E-state index contributed by atoms with van der Waals surface area (Å²) in [5, 5.41) is 26.3. The summed E-state index contributed by atoms with van der Waals surface area (Å²) in [7, 11) is -2.13. The molecule has 11 atom stereocenters. The fraction of sp³-hybridized carbons (Fsp3) is 0.871. The van der Waals surface area contributed by atoms with Crippen LogP contribution in [-0.2, 0) is 26.4 Å². The molecule has 4 aliphatic rings. The van der Waals surface area contributed by atoms with Crippen LogP contribution in [0.25, 0.3) is 0 Å². The van der Waals surface area contributed by atoms with E-state index < -0.39 is 21.6 Å². The number of hydrogen-bond donors (Lipinski definition) is 2. The van der Waals surface area contributed by atoms with Gasteiger partial charge in [0.05, 0.1) is 25.0 Å². The maximum absolute atomic E-state index is 12.5. The number of nitrogens with zero attached hydrogens (tertiary/aromatic N) is 2. The first-order valence-electron chi connectivity index (χ1n) is 15.5. The molecule has 4 saturated carbocycles. The molecular formula is C31H50N2O6S. The molecular weight excluding hydrogens is 528 g/mol. The number of aliphatic hydroxyl groups excluding tert-OH is 2. The van der Waals surface area contributed by atoms with Crippen molar-refractivity contribution in [1.82, 2.24) is 9.78 Å². The van der Waals surface area contributed by atoms with Gasteiger partial charge in [-0.3, -0.25) is 9.48 Å². The smallest absolute Gasteiger partial charge is 0.321 e. The molecule has 4 aliphatic carbocycles. The Bertz CT molecular complexity index is 1180. The average molecular weight is 579 g/mol. The molecule has 5 rings (SSSR count). The molecule has 0 aromatic carbocycles. The van der Waals surface area contributed by atoms with E-state index in [0.29, 0.717) is 41.9 Å². The van der Waals surface area contributed by atoms with Gasteiger partial charge in [0.25, 0.3) is 0 Å². The van der Waals surface area contributed by atoms with Gasteiger partial charge in [0.15, 0.2) is 15.6 Å². The summed E-state index contributed by atoms with van der Waals surface area (Å²) < 4.78 is 31.8. The predicted octanol–water partition coefficient (Wildman–Crippen LogP) is 4.39. The van der Waals surface area contributed by atoms with E-state index in [2.05, 4.69) is 32.8 Å². The molecule has 9 heteroatoms. The number of hydrogen-bond acceptors (Lipinski definition) is 7. The summed E-state index contributed by atoms with van der Waals surface area (Å²) >= 11 is 0. The van der Waals surface area contributed by atoms with E-state index >= 15 is 0 Å². The van der Waals surface area contributed by atoms with E-state index in [1.807, 2.05) is 0 Å². The van der Waals surface area contributed by atoms with Crippen LogP contribution in [0, 0.1) is 52.3 Å². The Kier molecular flexibility index (Phi) is 8.25. The summed E-state index contributed by atoms with van der Waals surface area (Å²) in [6.45, 7) is 9.59. The molecule has 40 heavy (non-hydrogen) atoms. The standard InChI is InChI=1S/C31H50N2O6S/c1-6-22-26-15-20(34)9-12-31(26,4)25-10-13-30(3)23(7-8-24(30)28(25)29(22)36)19(2)11-14-39-27(35)18-40(37,38)21-16-32-33(5)17-21/h16-17,19-20,22-26,28-29,34,36H,6-15,18H2,1-5H3/t19-,20-,22-,23-,24+,25+,26+,28+,29-,30-,31-/m1/s1. The maximum atomic E-state index is 12.5. The van der Waals surface area contributed by atoms with E-state index in [1.54, 1.807) is 7.05 Å². The monoisotopic (exact) mass is 578 g/mol. The Morgan fingerprint density at radius 3 is 2.50 bits per heavy atom. The second-order valence-corrected chi connectivity index (χ2v) is 16.2. The second-order valence-electron chi connectivity index (χ2n) is 14.2. The Balaban J connectivity index is 1.22. The van der Waals surface area contributed by atoms with Crippen molar-refractivity contribution < 1.29 is 28.2 Å². The minimum Gasteiger partial charge on any atom is -0.465 e. The summed E-state index contributed by atoms with van der Waals surface area (Å²) in [4.78, 5) is 12.4. The van der Waals surface area contributed by atoms with Gasteiger partial charge < -0.3 is 14.9 Å². The topological polar surface area (TPSA) is 119 Å². The van der Waals surface area contributed by atoms with Crippen LogP contribution in [0.3, 0.4) is 0 Å². The highest BCUT2D eigenvalue weighted by Gasteiger charge is 2.64. The van der Waals surface area contributed by atoms with Crippen molar-refractivity contribution in [3.05, 3.63) is 12.4 Å². The van der Waals surface area contributed by atoms with Crippen LogP contribution in [0.4, 0.5) is 0 Å². The second kappa shape index (κ2) is 11.0. The van der Waals surface area contributed by atoms with Crippen molar-refractivity contribution in [3.63, 3.8) is 0 Å². The number of ether oxygens (including phenoxy) is 1. The molecule has 0 bridgehead atoms. The predicted molar refractivity (Wildman–Crippen MR) is 152 cm³/mol. The highest BCUT2D eigenvalue weighted by atomic mass is 32.2. The maximum Gasteiger partial charge on any atom is 0.321 e. The van der Waals surface area contributed by atoms with Gasteiger partial charge in [0, 0.05) is 13.2 Å². The van der Waals surface area contributed by atoms with Crippen LogP contribution >= 0.6 is 0 Å². The van der Waals surface area contributed by atoms with E-state index in [-0.39, 0.29) is 40.5 Å². The highest BCUT2D eigenvalue weighted by Crippen LogP contribution is 2.69. The van der Waals surface area contributed by atoms with Gasteiger partial charge in [-0.2, -0.15) is 5.10 Å². The Morgan fingerprint density at radius 2 is 1.82 bits per heavy atom. The molecule has 1 aromatic heterocycles. The Labute approximate surface area is 240 Å². The molecule has 2 N–H and O–H groups in total. The van der Waals surface area contributed by atoms with Crippen molar-refractivity contribution in [3.8, 4) is 0 Å². The lowest BCUT2D eigenvalue weighted by molar-refractivity contribution is -0.203. The fourth-order valence-electron chi connectivity index (χ4n) is 10.3. The van der Waals surface area contributed by atoms with Gasteiger partial charge in [-0.1, -0.05) is 34.1 Å². The molecule has 0 unspecified atom stereocenters. The normalized spacial score (nSPS) is 42.0. The highest BCUT2D eigenvalue weighted by molar-refractivity contribution is 7.92. The molecule has 0 amide bonds.